The Morgan fingerprint density at radius 1 is 1.33 bits per heavy atom. The monoisotopic (exact) mass is 128 g/mol. The molecule has 0 rings (SSSR count). The molecule has 0 amide bonds. The molecule has 0 atom stereocenters. The van der Waals surface area contributed by atoms with Crippen molar-refractivity contribution >= 4 is 0 Å². The van der Waals surface area contributed by atoms with Crippen molar-refractivity contribution in [1.82, 2.24) is 0 Å². The predicted molar refractivity (Wildman–Crippen MR) is 45.7 cm³/mol. The summed E-state index contributed by atoms with van der Waals surface area (Å²) in [6.45, 7) is 12.1. The molecular formula is C9H20. The molecule has 0 aliphatic heterocycles. The third-order valence-electron chi connectivity index (χ3n) is 0.957. The normalized spacial score (nSPS) is 7.56. The maximum Gasteiger partial charge on any atom is -0.0326 e. The summed E-state index contributed by atoms with van der Waals surface area (Å²) in [5.74, 6) is 0. The lowest BCUT2D eigenvalue weighted by Crippen LogP contribution is -1.71. The second-order valence-corrected chi connectivity index (χ2v) is 2.06. The van der Waals surface area contributed by atoms with Gasteiger partial charge in [0, 0.05) is 0 Å². The van der Waals surface area contributed by atoms with Crippen LogP contribution in [0.5, 0.6) is 0 Å². The van der Waals surface area contributed by atoms with E-state index in [-0.39, 0.29) is 0 Å². The average molecular weight is 128 g/mol. The highest BCUT2D eigenvalue weighted by molar-refractivity contribution is 4.86. The first-order valence-electron chi connectivity index (χ1n) is 3.91. The van der Waals surface area contributed by atoms with Crippen LogP contribution in [0.1, 0.15) is 47.0 Å². The molecule has 0 saturated carbocycles. The molecule has 0 N–H and O–H groups in total. The van der Waals surface area contributed by atoms with Crippen molar-refractivity contribution in [3.63, 3.8) is 0 Å². The van der Waals surface area contributed by atoms with E-state index in [0.29, 0.717) is 0 Å². The molecule has 0 aromatic heterocycles. The van der Waals surface area contributed by atoms with Gasteiger partial charge in [-0.25, -0.2) is 0 Å². The van der Waals surface area contributed by atoms with Gasteiger partial charge in [-0.05, 0) is 19.8 Å². The minimum Gasteiger partial charge on any atom is -0.100 e. The summed E-state index contributed by atoms with van der Waals surface area (Å²) in [7, 11) is 0. The fraction of sp³-hybridized carbons (Fsp3) is 0.778. The van der Waals surface area contributed by atoms with Crippen LogP contribution in [-0.2, 0) is 0 Å². The lowest BCUT2D eigenvalue weighted by molar-refractivity contribution is 0.789. The summed E-state index contributed by atoms with van der Waals surface area (Å²) in [5.41, 5.74) is 1.31. The Balaban J connectivity index is 0. The first kappa shape index (κ1) is 11.5. The number of allylic oxidation sites excluding steroid dienone is 1. The molecule has 0 heterocycles. The number of unbranched alkanes of at least 4 members (excludes halogenated alkanes) is 1. The highest BCUT2D eigenvalue weighted by Crippen LogP contribution is 2.01. The van der Waals surface area contributed by atoms with Gasteiger partial charge in [0.15, 0.2) is 0 Å². The molecule has 0 fully saturated rings. The maximum atomic E-state index is 3.79. The molecule has 0 spiro atoms. The van der Waals surface area contributed by atoms with Gasteiger partial charge in [0.25, 0.3) is 0 Å². The molecule has 0 aliphatic rings. The second-order valence-electron chi connectivity index (χ2n) is 2.06. The standard InChI is InChI=1S/C7H14.C2H6/c1-4-5-6-7(2)3;1-2/h2,4-6H2,1,3H3;1-2H3. The van der Waals surface area contributed by atoms with E-state index in [1.165, 1.54) is 24.8 Å². The summed E-state index contributed by atoms with van der Waals surface area (Å²) in [6.07, 6.45) is 3.79. The second kappa shape index (κ2) is 10.7. The van der Waals surface area contributed by atoms with Crippen LogP contribution in [0.25, 0.3) is 0 Å². The van der Waals surface area contributed by atoms with Gasteiger partial charge >= 0.3 is 0 Å². The maximum absolute atomic E-state index is 3.79. The molecule has 0 nitrogen and oxygen atoms in total. The van der Waals surface area contributed by atoms with Gasteiger partial charge in [-0.15, -0.1) is 6.58 Å². The van der Waals surface area contributed by atoms with Crippen molar-refractivity contribution in [3.8, 4) is 0 Å². The Labute approximate surface area is 60.0 Å². The molecule has 0 aromatic rings. The third-order valence-corrected chi connectivity index (χ3v) is 0.957. The SMILES string of the molecule is C=C(C)CCCC.CC. The molecule has 0 aliphatic carbocycles. The van der Waals surface area contributed by atoms with Crippen LogP contribution in [0.4, 0.5) is 0 Å². The van der Waals surface area contributed by atoms with Crippen molar-refractivity contribution in [1.29, 1.82) is 0 Å². The zero-order valence-electron chi connectivity index (χ0n) is 7.33. The number of hydrogen-bond donors (Lipinski definition) is 0. The molecule has 0 unspecified atom stereocenters. The van der Waals surface area contributed by atoms with Crippen molar-refractivity contribution in [2.75, 3.05) is 0 Å². The topological polar surface area (TPSA) is 0 Å². The van der Waals surface area contributed by atoms with Crippen LogP contribution < -0.4 is 0 Å². The quantitative estimate of drug-likeness (QED) is 0.507. The third kappa shape index (κ3) is 18.2. The van der Waals surface area contributed by atoms with Crippen LogP contribution in [0.2, 0.25) is 0 Å². The van der Waals surface area contributed by atoms with Gasteiger partial charge in [-0.2, -0.15) is 0 Å². The average Bonchev–Trinajstić information content (AvgIpc) is 1.88. The molecule has 0 aromatic carbocycles. The highest BCUT2D eigenvalue weighted by atomic mass is 13.9. The van der Waals surface area contributed by atoms with Gasteiger partial charge in [0.2, 0.25) is 0 Å². The fourth-order valence-corrected chi connectivity index (χ4v) is 0.479. The van der Waals surface area contributed by atoms with Gasteiger partial charge in [0.1, 0.15) is 0 Å². The van der Waals surface area contributed by atoms with E-state index in [9.17, 15) is 0 Å². The van der Waals surface area contributed by atoms with Crippen LogP contribution in [0.3, 0.4) is 0 Å². The van der Waals surface area contributed by atoms with Gasteiger partial charge in [-0.1, -0.05) is 32.8 Å². The summed E-state index contributed by atoms with van der Waals surface area (Å²) in [6, 6.07) is 0. The molecule has 0 saturated heterocycles. The van der Waals surface area contributed by atoms with E-state index in [0.717, 1.165) is 0 Å². The zero-order valence-corrected chi connectivity index (χ0v) is 7.33. The van der Waals surface area contributed by atoms with Gasteiger partial charge < -0.3 is 0 Å². The summed E-state index contributed by atoms with van der Waals surface area (Å²) in [5, 5.41) is 0. The highest BCUT2D eigenvalue weighted by Gasteiger charge is 1.81. The predicted octanol–water partition coefficient (Wildman–Crippen LogP) is 3.78. The summed E-state index contributed by atoms with van der Waals surface area (Å²) < 4.78 is 0. The van der Waals surface area contributed by atoms with E-state index < -0.39 is 0 Å². The zero-order chi connectivity index (χ0) is 7.70. The van der Waals surface area contributed by atoms with E-state index in [1.807, 2.05) is 13.8 Å². The molecule has 0 heteroatoms. The van der Waals surface area contributed by atoms with Crippen LogP contribution in [0.15, 0.2) is 12.2 Å². The Morgan fingerprint density at radius 3 is 1.89 bits per heavy atom. The van der Waals surface area contributed by atoms with Crippen LogP contribution in [0, 0.1) is 0 Å². The van der Waals surface area contributed by atoms with E-state index in [1.54, 1.807) is 0 Å². The fourth-order valence-electron chi connectivity index (χ4n) is 0.479. The minimum atomic E-state index is 1.20. The largest absolute Gasteiger partial charge is 0.100 e. The first-order valence-corrected chi connectivity index (χ1v) is 3.91. The Kier molecular flexibility index (Phi) is 13.7. The van der Waals surface area contributed by atoms with Gasteiger partial charge in [0.05, 0.1) is 0 Å². The van der Waals surface area contributed by atoms with Crippen LogP contribution >= 0.6 is 0 Å². The van der Waals surface area contributed by atoms with Crippen molar-refractivity contribution in [2.45, 2.75) is 47.0 Å². The Hall–Kier alpha value is -0.260. The van der Waals surface area contributed by atoms with E-state index in [2.05, 4.69) is 20.4 Å². The Bertz CT molecular complexity index is 53.1. The smallest absolute Gasteiger partial charge is 0.0326 e. The van der Waals surface area contributed by atoms with Crippen LogP contribution in [-0.4, -0.2) is 0 Å². The molecule has 9 heavy (non-hydrogen) atoms. The number of rotatable bonds is 3. The summed E-state index contributed by atoms with van der Waals surface area (Å²) >= 11 is 0. The number of hydrogen-bond acceptors (Lipinski definition) is 0. The summed E-state index contributed by atoms with van der Waals surface area (Å²) in [4.78, 5) is 0. The molecule has 56 valence electrons. The minimum absolute atomic E-state index is 1.20. The van der Waals surface area contributed by atoms with Crippen molar-refractivity contribution in [2.24, 2.45) is 0 Å². The van der Waals surface area contributed by atoms with Crippen molar-refractivity contribution < 1.29 is 0 Å². The van der Waals surface area contributed by atoms with Gasteiger partial charge in [-0.3, -0.25) is 0 Å². The lowest BCUT2D eigenvalue weighted by Gasteiger charge is -1.91. The lowest BCUT2D eigenvalue weighted by atomic mass is 10.2. The molecule has 0 bridgehead atoms. The Morgan fingerprint density at radius 2 is 1.78 bits per heavy atom. The first-order chi connectivity index (χ1) is 4.27. The molecular weight excluding hydrogens is 108 g/mol. The van der Waals surface area contributed by atoms with Crippen molar-refractivity contribution in [3.05, 3.63) is 12.2 Å². The van der Waals surface area contributed by atoms with E-state index >= 15 is 0 Å². The molecule has 0 radical (unpaired) electrons. The van der Waals surface area contributed by atoms with E-state index in [4.69, 9.17) is 0 Å².